The second kappa shape index (κ2) is 7.70. The van der Waals surface area contributed by atoms with Gasteiger partial charge in [-0.25, -0.2) is 9.48 Å². The second-order valence-electron chi connectivity index (χ2n) is 6.38. The van der Waals surface area contributed by atoms with E-state index in [9.17, 15) is 9.59 Å². The number of nitrogens with zero attached hydrogens (tertiary/aromatic N) is 3. The molecule has 0 aliphatic carbocycles. The third-order valence-electron chi connectivity index (χ3n) is 4.67. The number of carbonyl (C=O) groups is 2. The minimum atomic E-state index is -1.01. The molecule has 0 saturated carbocycles. The molecule has 1 aliphatic heterocycles. The van der Waals surface area contributed by atoms with Crippen molar-refractivity contribution in [2.24, 2.45) is 0 Å². The average molecular weight is 357 g/mol. The monoisotopic (exact) mass is 357 g/mol. The highest BCUT2D eigenvalue weighted by atomic mass is 16.5. The van der Waals surface area contributed by atoms with Gasteiger partial charge in [0, 0.05) is 25.3 Å². The van der Waals surface area contributed by atoms with Crippen LogP contribution in [-0.2, 0) is 4.74 Å². The zero-order chi connectivity index (χ0) is 18.7. The van der Waals surface area contributed by atoms with Crippen LogP contribution in [0.2, 0.25) is 0 Å². The van der Waals surface area contributed by atoms with E-state index in [1.807, 2.05) is 11.8 Å². The van der Waals surface area contributed by atoms with Gasteiger partial charge in [-0.3, -0.25) is 4.79 Å². The fourth-order valence-corrected chi connectivity index (χ4v) is 3.30. The molecule has 1 amide bonds. The summed E-state index contributed by atoms with van der Waals surface area (Å²) in [6.07, 6.45) is 3.37. The van der Waals surface area contributed by atoms with Crippen LogP contribution in [0, 0.1) is 6.92 Å². The van der Waals surface area contributed by atoms with Crippen LogP contribution >= 0.6 is 0 Å². The van der Waals surface area contributed by atoms with Crippen LogP contribution in [-0.4, -0.2) is 57.5 Å². The lowest BCUT2D eigenvalue weighted by atomic mass is 10.1. The standard InChI is InChI=1S/C19H23N3O4/c1-3-26-16-5-4-10-21(12-16)18(23)14-6-8-15(9-7-14)22-13(2)17(11-20-22)19(24)25/h6-9,11,16H,3-5,10,12H2,1-2H3,(H,24,25)/t16-/m1/s1. The zero-order valence-electron chi connectivity index (χ0n) is 15.0. The molecule has 1 aromatic heterocycles. The maximum Gasteiger partial charge on any atom is 0.339 e. The van der Waals surface area contributed by atoms with Crippen molar-refractivity contribution in [2.75, 3.05) is 19.7 Å². The molecule has 7 nitrogen and oxygen atoms in total. The largest absolute Gasteiger partial charge is 0.478 e. The van der Waals surface area contributed by atoms with E-state index >= 15 is 0 Å². The molecule has 1 fully saturated rings. The molecule has 0 bridgehead atoms. The van der Waals surface area contributed by atoms with Crippen molar-refractivity contribution in [2.45, 2.75) is 32.8 Å². The first-order valence-corrected chi connectivity index (χ1v) is 8.80. The van der Waals surface area contributed by atoms with Gasteiger partial charge in [0.1, 0.15) is 5.56 Å². The average Bonchev–Trinajstić information content (AvgIpc) is 3.03. The van der Waals surface area contributed by atoms with E-state index in [2.05, 4.69) is 5.10 Å². The molecule has 0 radical (unpaired) electrons. The van der Waals surface area contributed by atoms with E-state index in [1.165, 1.54) is 6.20 Å². The number of carbonyl (C=O) groups excluding carboxylic acids is 1. The maximum atomic E-state index is 12.7. The molecule has 0 spiro atoms. The topological polar surface area (TPSA) is 84.7 Å². The van der Waals surface area contributed by atoms with Gasteiger partial charge >= 0.3 is 5.97 Å². The summed E-state index contributed by atoms with van der Waals surface area (Å²) in [4.78, 5) is 25.7. The molecule has 1 atom stereocenters. The van der Waals surface area contributed by atoms with Gasteiger partial charge in [-0.05, 0) is 51.0 Å². The van der Waals surface area contributed by atoms with Gasteiger partial charge in [-0.1, -0.05) is 0 Å². The number of carboxylic acids is 1. The Bertz CT molecular complexity index is 796. The van der Waals surface area contributed by atoms with Crippen molar-refractivity contribution < 1.29 is 19.4 Å². The number of likely N-dealkylation sites (tertiary alicyclic amines) is 1. The summed E-state index contributed by atoms with van der Waals surface area (Å²) < 4.78 is 7.22. The van der Waals surface area contributed by atoms with E-state index in [0.717, 1.165) is 25.1 Å². The number of amides is 1. The Morgan fingerprint density at radius 3 is 2.65 bits per heavy atom. The maximum absolute atomic E-state index is 12.7. The highest BCUT2D eigenvalue weighted by molar-refractivity contribution is 5.94. The van der Waals surface area contributed by atoms with Crippen molar-refractivity contribution in [3.63, 3.8) is 0 Å². The van der Waals surface area contributed by atoms with Crippen molar-refractivity contribution in [1.82, 2.24) is 14.7 Å². The van der Waals surface area contributed by atoms with Crippen LogP contribution in [0.15, 0.2) is 30.5 Å². The lowest BCUT2D eigenvalue weighted by Gasteiger charge is -2.32. The third kappa shape index (κ3) is 3.62. The molecule has 1 aliphatic rings. The number of ether oxygens (including phenoxy) is 1. The Balaban J connectivity index is 1.75. The Morgan fingerprint density at radius 2 is 2.04 bits per heavy atom. The number of rotatable bonds is 5. The molecule has 7 heteroatoms. The summed E-state index contributed by atoms with van der Waals surface area (Å²) in [6.45, 7) is 5.69. The van der Waals surface area contributed by atoms with Gasteiger partial charge in [0.2, 0.25) is 0 Å². The van der Waals surface area contributed by atoms with Gasteiger partial charge in [0.15, 0.2) is 0 Å². The van der Waals surface area contributed by atoms with Crippen molar-refractivity contribution >= 4 is 11.9 Å². The van der Waals surface area contributed by atoms with Gasteiger partial charge in [0.25, 0.3) is 5.91 Å². The quantitative estimate of drug-likeness (QED) is 0.889. The number of aromatic nitrogens is 2. The highest BCUT2D eigenvalue weighted by Crippen LogP contribution is 2.19. The normalized spacial score (nSPS) is 17.3. The van der Waals surface area contributed by atoms with Crippen LogP contribution in [0.1, 0.15) is 46.2 Å². The zero-order valence-corrected chi connectivity index (χ0v) is 15.0. The number of hydrogen-bond donors (Lipinski definition) is 1. The van der Waals surface area contributed by atoms with E-state index < -0.39 is 5.97 Å². The van der Waals surface area contributed by atoms with E-state index in [-0.39, 0.29) is 17.6 Å². The summed E-state index contributed by atoms with van der Waals surface area (Å²) in [7, 11) is 0. The molecule has 1 N–H and O–H groups in total. The highest BCUT2D eigenvalue weighted by Gasteiger charge is 2.24. The molecular formula is C19H23N3O4. The van der Waals surface area contributed by atoms with Gasteiger partial charge in [0.05, 0.1) is 23.7 Å². The van der Waals surface area contributed by atoms with Gasteiger partial charge in [-0.2, -0.15) is 5.10 Å². The molecule has 138 valence electrons. The molecular weight excluding hydrogens is 334 g/mol. The minimum absolute atomic E-state index is 0.00985. The number of carboxylic acid groups (broad SMARTS) is 1. The minimum Gasteiger partial charge on any atom is -0.478 e. The summed E-state index contributed by atoms with van der Waals surface area (Å²) in [5.74, 6) is -1.01. The molecule has 2 aromatic rings. The van der Waals surface area contributed by atoms with Crippen LogP contribution in [0.4, 0.5) is 0 Å². The van der Waals surface area contributed by atoms with E-state index in [0.29, 0.717) is 24.4 Å². The van der Waals surface area contributed by atoms with Crippen molar-refractivity contribution in [1.29, 1.82) is 0 Å². The molecule has 3 rings (SSSR count). The lowest BCUT2D eigenvalue weighted by molar-refractivity contribution is 0.00724. The van der Waals surface area contributed by atoms with Crippen molar-refractivity contribution in [3.8, 4) is 5.69 Å². The first-order valence-electron chi connectivity index (χ1n) is 8.80. The summed E-state index contributed by atoms with van der Waals surface area (Å²) in [5, 5.41) is 13.3. The number of piperidine rings is 1. The lowest BCUT2D eigenvalue weighted by Crippen LogP contribution is -2.43. The number of aromatic carboxylic acids is 1. The molecule has 1 aromatic carbocycles. The predicted molar refractivity (Wildman–Crippen MR) is 95.8 cm³/mol. The number of benzene rings is 1. The SMILES string of the molecule is CCO[C@@H]1CCCN(C(=O)c2ccc(-n3ncc(C(=O)O)c3C)cc2)C1. The van der Waals surface area contributed by atoms with Gasteiger partial charge < -0.3 is 14.7 Å². The fraction of sp³-hybridized carbons (Fsp3) is 0.421. The Hall–Kier alpha value is -2.67. The van der Waals surface area contributed by atoms with E-state index in [1.54, 1.807) is 35.9 Å². The molecule has 2 heterocycles. The Morgan fingerprint density at radius 1 is 1.31 bits per heavy atom. The van der Waals surface area contributed by atoms with Crippen LogP contribution in [0.25, 0.3) is 5.69 Å². The van der Waals surface area contributed by atoms with Crippen LogP contribution in [0.3, 0.4) is 0 Å². The second-order valence-corrected chi connectivity index (χ2v) is 6.38. The van der Waals surface area contributed by atoms with Crippen molar-refractivity contribution in [3.05, 3.63) is 47.3 Å². The first-order chi connectivity index (χ1) is 12.5. The third-order valence-corrected chi connectivity index (χ3v) is 4.67. The van der Waals surface area contributed by atoms with Gasteiger partial charge in [-0.15, -0.1) is 0 Å². The fourth-order valence-electron chi connectivity index (χ4n) is 3.30. The predicted octanol–water partition coefficient (Wildman–Crippen LogP) is 2.52. The molecule has 0 unspecified atom stereocenters. The molecule has 26 heavy (non-hydrogen) atoms. The first kappa shape index (κ1) is 18.1. The van der Waals surface area contributed by atoms with Crippen LogP contribution < -0.4 is 0 Å². The summed E-state index contributed by atoms with van der Waals surface area (Å²) in [5.41, 5.74) is 2.04. The number of hydrogen-bond acceptors (Lipinski definition) is 4. The van der Waals surface area contributed by atoms with Crippen LogP contribution in [0.5, 0.6) is 0 Å². The summed E-state index contributed by atoms with van der Waals surface area (Å²) >= 11 is 0. The Kier molecular flexibility index (Phi) is 5.37. The Labute approximate surface area is 152 Å². The van der Waals surface area contributed by atoms with E-state index in [4.69, 9.17) is 9.84 Å². The summed E-state index contributed by atoms with van der Waals surface area (Å²) in [6, 6.07) is 7.07. The smallest absolute Gasteiger partial charge is 0.339 e. The molecule has 1 saturated heterocycles.